The van der Waals surface area contributed by atoms with Crippen molar-refractivity contribution in [3.63, 3.8) is 0 Å². The van der Waals surface area contributed by atoms with Gasteiger partial charge in [0.2, 0.25) is 0 Å². The summed E-state index contributed by atoms with van der Waals surface area (Å²) in [6.45, 7) is 0. The van der Waals surface area contributed by atoms with Gasteiger partial charge in [-0.1, -0.05) is 91.0 Å². The van der Waals surface area contributed by atoms with Gasteiger partial charge in [0.05, 0.1) is 11.6 Å². The first-order valence-electron chi connectivity index (χ1n) is 9.58. The second kappa shape index (κ2) is 7.05. The molecule has 0 unspecified atom stereocenters. The summed E-state index contributed by atoms with van der Waals surface area (Å²) in [4.78, 5) is 0. The maximum Gasteiger partial charge on any atom is 0.110 e. The first kappa shape index (κ1) is 17.4. The lowest BCUT2D eigenvalue weighted by Gasteiger charge is -2.43. The highest BCUT2D eigenvalue weighted by molar-refractivity contribution is 8.18. The van der Waals surface area contributed by atoms with Crippen molar-refractivity contribution in [2.45, 2.75) is 22.1 Å². The molecule has 2 fully saturated rings. The highest BCUT2D eigenvalue weighted by atomic mass is 32.2. The van der Waals surface area contributed by atoms with Crippen molar-refractivity contribution >= 4 is 23.5 Å². The molecule has 3 heteroatoms. The molecule has 3 aromatic carbocycles. The van der Waals surface area contributed by atoms with Crippen LogP contribution in [0.4, 0.5) is 0 Å². The van der Waals surface area contributed by atoms with E-state index in [0.29, 0.717) is 6.04 Å². The van der Waals surface area contributed by atoms with Gasteiger partial charge < -0.3 is 0 Å². The number of nitrogens with one attached hydrogen (secondary N) is 1. The Hall–Kier alpha value is -1.68. The first-order chi connectivity index (χ1) is 13.4. The van der Waals surface area contributed by atoms with Crippen LogP contribution in [0.2, 0.25) is 0 Å². The van der Waals surface area contributed by atoms with Crippen molar-refractivity contribution in [2.75, 3.05) is 11.5 Å². The van der Waals surface area contributed by atoms with Crippen LogP contribution in [0.1, 0.15) is 29.2 Å². The zero-order valence-electron chi connectivity index (χ0n) is 15.2. The van der Waals surface area contributed by atoms with Crippen molar-refractivity contribution in [1.82, 2.24) is 5.32 Å². The summed E-state index contributed by atoms with van der Waals surface area (Å²) in [7, 11) is 0. The summed E-state index contributed by atoms with van der Waals surface area (Å²) in [6.07, 6.45) is 1.28. The lowest BCUT2D eigenvalue weighted by Crippen LogP contribution is -2.40. The van der Waals surface area contributed by atoms with E-state index in [1.807, 2.05) is 0 Å². The predicted octanol–water partition coefficient (Wildman–Crippen LogP) is 5.95. The second-order valence-corrected chi connectivity index (χ2v) is 10.1. The Morgan fingerprint density at radius 3 is 1.78 bits per heavy atom. The highest BCUT2D eigenvalue weighted by Gasteiger charge is 2.69. The fourth-order valence-corrected chi connectivity index (χ4v) is 8.22. The van der Waals surface area contributed by atoms with Gasteiger partial charge in [0, 0.05) is 0 Å². The van der Waals surface area contributed by atoms with Gasteiger partial charge >= 0.3 is 0 Å². The van der Waals surface area contributed by atoms with E-state index < -0.39 is 0 Å². The molecule has 0 saturated carbocycles. The smallest absolute Gasteiger partial charge is 0.110 e. The average molecular weight is 390 g/mol. The van der Waals surface area contributed by atoms with Gasteiger partial charge in [-0.15, -0.1) is 23.5 Å². The molecule has 3 aromatic rings. The quantitative estimate of drug-likeness (QED) is 0.557. The summed E-state index contributed by atoms with van der Waals surface area (Å²) < 4.78 is -0.0195. The molecular weight excluding hydrogens is 366 g/mol. The van der Waals surface area contributed by atoms with Crippen LogP contribution >= 0.6 is 23.5 Å². The maximum atomic E-state index is 3.98. The summed E-state index contributed by atoms with van der Waals surface area (Å²) >= 11 is 4.25. The van der Waals surface area contributed by atoms with Crippen LogP contribution in [0.3, 0.4) is 0 Å². The Kier molecular flexibility index (Phi) is 4.55. The number of hydrogen-bond donors (Lipinski definition) is 1. The molecule has 2 aliphatic heterocycles. The van der Waals surface area contributed by atoms with E-state index in [1.165, 1.54) is 34.6 Å². The van der Waals surface area contributed by atoms with Crippen LogP contribution in [0.5, 0.6) is 0 Å². The Balaban J connectivity index is 1.70. The molecule has 5 rings (SSSR count). The number of thioether (sulfide) groups is 2. The number of benzene rings is 3. The Labute approximate surface area is 170 Å². The van der Waals surface area contributed by atoms with E-state index in [4.69, 9.17) is 0 Å². The monoisotopic (exact) mass is 389 g/mol. The summed E-state index contributed by atoms with van der Waals surface area (Å²) in [5.74, 6) is 2.42. The molecule has 0 amide bonds. The van der Waals surface area contributed by atoms with Gasteiger partial charge in [0.25, 0.3) is 0 Å². The van der Waals surface area contributed by atoms with E-state index in [1.54, 1.807) is 0 Å². The molecule has 1 N–H and O–H groups in total. The van der Waals surface area contributed by atoms with E-state index >= 15 is 0 Å². The van der Waals surface area contributed by atoms with Crippen molar-refractivity contribution in [2.24, 2.45) is 0 Å². The highest BCUT2D eigenvalue weighted by Crippen LogP contribution is 2.70. The lowest BCUT2D eigenvalue weighted by atomic mass is 9.85. The normalized spacial score (nSPS) is 26.4. The molecular formula is C24H23NS2. The summed E-state index contributed by atoms with van der Waals surface area (Å²) in [5.41, 5.74) is 4.11. The van der Waals surface area contributed by atoms with Crippen molar-refractivity contribution in [3.8, 4) is 0 Å². The van der Waals surface area contributed by atoms with Crippen LogP contribution in [0.15, 0.2) is 91.0 Å². The molecule has 2 atom stereocenters. The minimum atomic E-state index is -0.0906. The van der Waals surface area contributed by atoms with E-state index in [2.05, 4.69) is 120 Å². The Morgan fingerprint density at radius 2 is 1.19 bits per heavy atom. The molecule has 27 heavy (non-hydrogen) atoms. The molecule has 2 heterocycles. The van der Waals surface area contributed by atoms with Gasteiger partial charge in [0.15, 0.2) is 0 Å². The molecule has 0 spiro atoms. The second-order valence-electron chi connectivity index (χ2n) is 7.20. The summed E-state index contributed by atoms with van der Waals surface area (Å²) in [5, 5.41) is 3.98. The first-order valence-corrected chi connectivity index (χ1v) is 11.6. The van der Waals surface area contributed by atoms with Gasteiger partial charge in [-0.3, -0.25) is 5.32 Å². The van der Waals surface area contributed by atoms with Gasteiger partial charge in [-0.2, -0.15) is 0 Å². The lowest BCUT2D eigenvalue weighted by molar-refractivity contribution is 0.584. The zero-order valence-corrected chi connectivity index (χ0v) is 16.8. The molecule has 0 radical (unpaired) electrons. The SMILES string of the molecule is c1ccc([C@@H]2N[C@@]2(c2ccccc2)C2(c3ccccc3)SCCCS2)cc1. The standard InChI is InChI=1S/C24H23NS2/c1-4-11-19(12-5-1)22-23(25-22,20-13-6-2-7-14-20)24(26-17-10-18-27-24)21-15-8-3-9-16-21/h1-9,11-16,22,25H,10,17-18H2/t22-,23+/m0/s1. The number of hydrogen-bond acceptors (Lipinski definition) is 3. The van der Waals surface area contributed by atoms with E-state index in [0.717, 1.165) is 0 Å². The molecule has 136 valence electrons. The molecule has 2 aliphatic rings. The molecule has 0 aliphatic carbocycles. The fourth-order valence-electron chi connectivity index (χ4n) is 4.40. The van der Waals surface area contributed by atoms with Gasteiger partial charge in [-0.25, -0.2) is 0 Å². The predicted molar refractivity (Wildman–Crippen MR) is 118 cm³/mol. The Bertz CT molecular complexity index is 891. The zero-order chi connectivity index (χ0) is 18.2. The fraction of sp³-hybridized carbons (Fsp3) is 0.250. The molecule has 0 bridgehead atoms. The van der Waals surface area contributed by atoms with Crippen LogP contribution in [-0.2, 0) is 9.62 Å². The minimum Gasteiger partial charge on any atom is -0.295 e. The third-order valence-corrected chi connectivity index (χ3v) is 9.28. The molecule has 0 aromatic heterocycles. The topological polar surface area (TPSA) is 21.9 Å². The summed E-state index contributed by atoms with van der Waals surface area (Å²) in [6, 6.07) is 33.5. The molecule has 1 nitrogen and oxygen atoms in total. The maximum absolute atomic E-state index is 3.98. The van der Waals surface area contributed by atoms with Crippen molar-refractivity contribution < 1.29 is 0 Å². The van der Waals surface area contributed by atoms with Crippen LogP contribution in [0, 0.1) is 0 Å². The van der Waals surface area contributed by atoms with Crippen molar-refractivity contribution in [1.29, 1.82) is 0 Å². The number of rotatable bonds is 4. The van der Waals surface area contributed by atoms with Crippen LogP contribution in [0.25, 0.3) is 0 Å². The van der Waals surface area contributed by atoms with Gasteiger partial charge in [0.1, 0.15) is 4.08 Å². The van der Waals surface area contributed by atoms with E-state index in [9.17, 15) is 0 Å². The van der Waals surface area contributed by atoms with Gasteiger partial charge in [-0.05, 0) is 34.6 Å². The van der Waals surface area contributed by atoms with Crippen molar-refractivity contribution in [3.05, 3.63) is 108 Å². The van der Waals surface area contributed by atoms with Crippen LogP contribution in [-0.4, -0.2) is 11.5 Å². The van der Waals surface area contributed by atoms with E-state index in [-0.39, 0.29) is 9.62 Å². The van der Waals surface area contributed by atoms with Crippen LogP contribution < -0.4 is 5.32 Å². The largest absolute Gasteiger partial charge is 0.295 e. The molecule has 2 saturated heterocycles. The average Bonchev–Trinajstić information content (AvgIpc) is 3.54. The third kappa shape index (κ3) is 2.75. The minimum absolute atomic E-state index is 0.0195. The Morgan fingerprint density at radius 1 is 0.667 bits per heavy atom. The third-order valence-electron chi connectivity index (χ3n) is 5.66.